The fourth-order valence-corrected chi connectivity index (χ4v) is 2.54. The first kappa shape index (κ1) is 13.2. The van der Waals surface area contributed by atoms with Gasteiger partial charge in [-0.15, -0.1) is 11.3 Å². The van der Waals surface area contributed by atoms with Crippen LogP contribution in [0.2, 0.25) is 0 Å². The molecule has 4 heteroatoms. The van der Waals surface area contributed by atoms with Crippen molar-refractivity contribution in [2.75, 3.05) is 0 Å². The summed E-state index contributed by atoms with van der Waals surface area (Å²) >= 11 is 1.59. The minimum absolute atomic E-state index is 0.429. The molecule has 1 aromatic heterocycles. The molecule has 1 nitrogen and oxygen atoms in total. The maximum Gasteiger partial charge on any atom is 0.159 e. The van der Waals surface area contributed by atoms with Crippen molar-refractivity contribution in [3.05, 3.63) is 46.8 Å². The Balaban J connectivity index is 2.16. The van der Waals surface area contributed by atoms with Gasteiger partial charge in [-0.05, 0) is 29.8 Å². The van der Waals surface area contributed by atoms with Crippen molar-refractivity contribution in [2.45, 2.75) is 26.4 Å². The van der Waals surface area contributed by atoms with E-state index in [4.69, 9.17) is 0 Å². The summed E-state index contributed by atoms with van der Waals surface area (Å²) in [5.74, 6) is -1.61. The molecule has 2 rings (SSSR count). The molecule has 18 heavy (non-hydrogen) atoms. The minimum Gasteiger partial charge on any atom is -0.310 e. The predicted octanol–water partition coefficient (Wildman–Crippen LogP) is 4.19. The van der Waals surface area contributed by atoms with Crippen LogP contribution in [0.25, 0.3) is 10.4 Å². The molecule has 0 aliphatic rings. The molecule has 0 aliphatic carbocycles. The second kappa shape index (κ2) is 5.59. The van der Waals surface area contributed by atoms with Crippen LogP contribution in [-0.2, 0) is 6.54 Å². The Labute approximate surface area is 109 Å². The molecule has 1 heterocycles. The van der Waals surface area contributed by atoms with Crippen molar-refractivity contribution in [2.24, 2.45) is 0 Å². The van der Waals surface area contributed by atoms with Crippen molar-refractivity contribution >= 4 is 11.3 Å². The van der Waals surface area contributed by atoms with Crippen LogP contribution in [0.3, 0.4) is 0 Å². The maximum atomic E-state index is 13.1. The molecule has 0 saturated heterocycles. The lowest BCUT2D eigenvalue weighted by Crippen LogP contribution is -2.21. The number of nitrogens with one attached hydrogen (secondary N) is 1. The highest BCUT2D eigenvalue weighted by atomic mass is 32.1. The van der Waals surface area contributed by atoms with E-state index >= 15 is 0 Å². The molecule has 0 spiro atoms. The van der Waals surface area contributed by atoms with Crippen LogP contribution in [0.15, 0.2) is 30.3 Å². The molecule has 0 bridgehead atoms. The van der Waals surface area contributed by atoms with Crippen LogP contribution in [0.1, 0.15) is 18.7 Å². The standard InChI is InChI=1S/C14H15F2NS/c1-9(2)17-8-11-4-6-14(18-11)10-3-5-12(15)13(16)7-10/h3-7,9,17H,8H2,1-2H3. The Hall–Kier alpha value is -1.26. The number of hydrogen-bond acceptors (Lipinski definition) is 2. The van der Waals surface area contributed by atoms with Crippen LogP contribution in [0, 0.1) is 11.6 Å². The Morgan fingerprint density at radius 2 is 1.89 bits per heavy atom. The van der Waals surface area contributed by atoms with Gasteiger partial charge in [0.2, 0.25) is 0 Å². The molecule has 0 radical (unpaired) electrons. The van der Waals surface area contributed by atoms with Crippen LogP contribution in [-0.4, -0.2) is 6.04 Å². The molecule has 0 aliphatic heterocycles. The zero-order valence-electron chi connectivity index (χ0n) is 10.3. The van der Waals surface area contributed by atoms with Gasteiger partial charge in [0.1, 0.15) is 0 Å². The highest BCUT2D eigenvalue weighted by molar-refractivity contribution is 7.15. The van der Waals surface area contributed by atoms with E-state index in [-0.39, 0.29) is 0 Å². The summed E-state index contributed by atoms with van der Waals surface area (Å²) in [6.45, 7) is 4.97. The molecular weight excluding hydrogens is 252 g/mol. The Morgan fingerprint density at radius 1 is 1.11 bits per heavy atom. The average molecular weight is 267 g/mol. The zero-order valence-corrected chi connectivity index (χ0v) is 11.2. The lowest BCUT2D eigenvalue weighted by Gasteiger charge is -2.05. The van der Waals surface area contributed by atoms with E-state index in [1.165, 1.54) is 10.9 Å². The van der Waals surface area contributed by atoms with Crippen LogP contribution in [0.5, 0.6) is 0 Å². The maximum absolute atomic E-state index is 13.1. The molecule has 96 valence electrons. The van der Waals surface area contributed by atoms with Gasteiger partial charge in [-0.2, -0.15) is 0 Å². The molecule has 1 N–H and O–H groups in total. The summed E-state index contributed by atoms with van der Waals surface area (Å²) < 4.78 is 26.0. The smallest absolute Gasteiger partial charge is 0.159 e. The molecule has 0 saturated carbocycles. The van der Waals surface area contributed by atoms with E-state index in [0.29, 0.717) is 6.04 Å². The number of hydrogen-bond donors (Lipinski definition) is 1. The third kappa shape index (κ3) is 3.15. The lowest BCUT2D eigenvalue weighted by molar-refractivity contribution is 0.509. The van der Waals surface area contributed by atoms with E-state index in [0.717, 1.165) is 23.1 Å². The van der Waals surface area contributed by atoms with E-state index in [9.17, 15) is 8.78 Å². The summed E-state index contributed by atoms with van der Waals surface area (Å²) in [4.78, 5) is 2.14. The number of rotatable bonds is 4. The second-order valence-corrected chi connectivity index (χ2v) is 5.60. The second-order valence-electron chi connectivity index (χ2n) is 4.43. The topological polar surface area (TPSA) is 12.0 Å². The molecule has 1 aromatic carbocycles. The summed E-state index contributed by atoms with van der Waals surface area (Å²) in [6.07, 6.45) is 0. The van der Waals surface area contributed by atoms with Gasteiger partial charge in [0, 0.05) is 22.3 Å². The number of thiophene rings is 1. The normalized spacial score (nSPS) is 11.2. The fourth-order valence-electron chi connectivity index (χ4n) is 1.58. The molecule has 0 fully saturated rings. The summed E-state index contributed by atoms with van der Waals surface area (Å²) in [6, 6.07) is 8.38. The molecule has 0 unspecified atom stereocenters. The van der Waals surface area contributed by atoms with Crippen LogP contribution < -0.4 is 5.32 Å². The molecule has 0 amide bonds. The van der Waals surface area contributed by atoms with E-state index < -0.39 is 11.6 Å². The van der Waals surface area contributed by atoms with Crippen molar-refractivity contribution in [1.82, 2.24) is 5.32 Å². The molecule has 2 aromatic rings. The average Bonchev–Trinajstić information content (AvgIpc) is 2.79. The molecule has 0 atom stereocenters. The van der Waals surface area contributed by atoms with Gasteiger partial charge >= 0.3 is 0 Å². The first-order valence-corrected chi connectivity index (χ1v) is 6.65. The van der Waals surface area contributed by atoms with Gasteiger partial charge in [-0.1, -0.05) is 19.9 Å². The minimum atomic E-state index is -0.808. The summed E-state index contributed by atoms with van der Waals surface area (Å²) in [5.41, 5.74) is 0.717. The molecular formula is C14H15F2NS. The van der Waals surface area contributed by atoms with Gasteiger partial charge < -0.3 is 5.32 Å². The Bertz CT molecular complexity index is 534. The number of halogens is 2. The first-order valence-electron chi connectivity index (χ1n) is 5.84. The Morgan fingerprint density at radius 3 is 2.56 bits per heavy atom. The first-order chi connectivity index (χ1) is 8.56. The van der Waals surface area contributed by atoms with Gasteiger partial charge in [0.05, 0.1) is 0 Å². The highest BCUT2D eigenvalue weighted by Crippen LogP contribution is 2.29. The van der Waals surface area contributed by atoms with Crippen molar-refractivity contribution < 1.29 is 8.78 Å². The van der Waals surface area contributed by atoms with E-state index in [1.807, 2.05) is 12.1 Å². The SMILES string of the molecule is CC(C)NCc1ccc(-c2ccc(F)c(F)c2)s1. The third-order valence-corrected chi connectivity index (χ3v) is 3.68. The van der Waals surface area contributed by atoms with Crippen LogP contribution in [0.4, 0.5) is 8.78 Å². The fraction of sp³-hybridized carbons (Fsp3) is 0.286. The van der Waals surface area contributed by atoms with Crippen molar-refractivity contribution in [3.8, 4) is 10.4 Å². The highest BCUT2D eigenvalue weighted by Gasteiger charge is 2.07. The van der Waals surface area contributed by atoms with Crippen molar-refractivity contribution in [3.63, 3.8) is 0 Å². The van der Waals surface area contributed by atoms with Gasteiger partial charge in [-0.3, -0.25) is 0 Å². The largest absolute Gasteiger partial charge is 0.310 e. The summed E-state index contributed by atoms with van der Waals surface area (Å²) in [5, 5.41) is 3.32. The Kier molecular flexibility index (Phi) is 4.09. The predicted molar refractivity (Wildman–Crippen MR) is 71.6 cm³/mol. The van der Waals surface area contributed by atoms with Gasteiger partial charge in [0.25, 0.3) is 0 Å². The van der Waals surface area contributed by atoms with E-state index in [1.54, 1.807) is 17.4 Å². The summed E-state index contributed by atoms with van der Waals surface area (Å²) in [7, 11) is 0. The van der Waals surface area contributed by atoms with Crippen molar-refractivity contribution in [1.29, 1.82) is 0 Å². The van der Waals surface area contributed by atoms with Crippen LogP contribution >= 0.6 is 11.3 Å². The monoisotopic (exact) mass is 267 g/mol. The number of benzene rings is 1. The quantitative estimate of drug-likeness (QED) is 0.875. The zero-order chi connectivity index (χ0) is 13.1. The van der Waals surface area contributed by atoms with E-state index in [2.05, 4.69) is 19.2 Å². The third-order valence-electron chi connectivity index (χ3n) is 2.55. The van der Waals surface area contributed by atoms with Gasteiger partial charge in [-0.25, -0.2) is 8.78 Å². The lowest BCUT2D eigenvalue weighted by atomic mass is 10.2. The van der Waals surface area contributed by atoms with Gasteiger partial charge in [0.15, 0.2) is 11.6 Å².